The van der Waals surface area contributed by atoms with Crippen molar-refractivity contribution in [3.05, 3.63) is 0 Å². The van der Waals surface area contributed by atoms with Crippen LogP contribution >= 0.6 is 11.6 Å². The summed E-state index contributed by atoms with van der Waals surface area (Å²) in [6.07, 6.45) is 0.357. The molecule has 0 aromatic rings. The number of rotatable bonds is 6. The molecule has 78 valence electrons. The molecule has 13 heavy (non-hydrogen) atoms. The van der Waals surface area contributed by atoms with Gasteiger partial charge in [0.1, 0.15) is 0 Å². The fourth-order valence-corrected chi connectivity index (χ4v) is 0.937. The summed E-state index contributed by atoms with van der Waals surface area (Å²) >= 11 is 5.21. The second-order valence-corrected chi connectivity index (χ2v) is 3.35. The lowest BCUT2D eigenvalue weighted by molar-refractivity contribution is -0.143. The molecule has 1 atom stereocenters. The smallest absolute Gasteiger partial charge is 0.305 e. The molecule has 0 aliphatic rings. The number of carbonyl (C=O) groups is 1. The van der Waals surface area contributed by atoms with Crippen LogP contribution in [-0.4, -0.2) is 29.4 Å². The molecule has 0 radical (unpaired) electrons. The monoisotopic (exact) mass is 212 g/mol. The third-order valence-corrected chi connectivity index (χ3v) is 1.77. The van der Waals surface area contributed by atoms with Gasteiger partial charge in [0.15, 0.2) is 0 Å². The molecule has 0 rings (SSSR count). The van der Waals surface area contributed by atoms with E-state index in [0.29, 0.717) is 6.61 Å². The van der Waals surface area contributed by atoms with E-state index in [9.17, 15) is 9.18 Å². The molecule has 5 heteroatoms. The molecule has 0 aliphatic carbocycles. The van der Waals surface area contributed by atoms with E-state index in [1.165, 1.54) is 0 Å². The lowest BCUT2D eigenvalue weighted by Gasteiger charge is -2.13. The minimum Gasteiger partial charge on any atom is -0.466 e. The van der Waals surface area contributed by atoms with Crippen LogP contribution in [0.15, 0.2) is 0 Å². The normalized spacial score (nSPS) is 15.1. The molecule has 0 saturated carbocycles. The standard InChI is InChI=1S/C8H14ClFO3/c1-2-13-7(12)4-3-5-8(9,10)6-11/h11H,2-6H2,1H3/t8-/m0/s1. The Morgan fingerprint density at radius 3 is 2.77 bits per heavy atom. The van der Waals surface area contributed by atoms with Gasteiger partial charge in [-0.2, -0.15) is 0 Å². The SMILES string of the molecule is CCOC(=O)CCC[C@@](F)(Cl)CO. The van der Waals surface area contributed by atoms with E-state index < -0.39 is 11.7 Å². The van der Waals surface area contributed by atoms with Crippen molar-refractivity contribution in [3.8, 4) is 0 Å². The van der Waals surface area contributed by atoms with Crippen LogP contribution in [0.25, 0.3) is 0 Å². The van der Waals surface area contributed by atoms with Gasteiger partial charge in [-0.15, -0.1) is 0 Å². The highest BCUT2D eigenvalue weighted by molar-refractivity contribution is 6.22. The van der Waals surface area contributed by atoms with Crippen LogP contribution in [0, 0.1) is 0 Å². The Morgan fingerprint density at radius 2 is 2.31 bits per heavy atom. The predicted molar refractivity (Wildman–Crippen MR) is 47.3 cm³/mol. The van der Waals surface area contributed by atoms with Crippen molar-refractivity contribution < 1.29 is 19.0 Å². The van der Waals surface area contributed by atoms with Gasteiger partial charge < -0.3 is 9.84 Å². The zero-order valence-corrected chi connectivity index (χ0v) is 8.31. The lowest BCUT2D eigenvalue weighted by atomic mass is 10.2. The summed E-state index contributed by atoms with van der Waals surface area (Å²) in [6, 6.07) is 0. The molecule has 0 bridgehead atoms. The minimum absolute atomic E-state index is 0.0517. The molecule has 3 nitrogen and oxygen atoms in total. The van der Waals surface area contributed by atoms with Crippen molar-refractivity contribution in [2.75, 3.05) is 13.2 Å². The summed E-state index contributed by atoms with van der Waals surface area (Å²) in [5, 5.41) is 6.33. The zero-order valence-electron chi connectivity index (χ0n) is 7.56. The van der Waals surface area contributed by atoms with Crippen molar-refractivity contribution >= 4 is 17.6 Å². The maximum atomic E-state index is 12.8. The summed E-state index contributed by atoms with van der Waals surface area (Å²) in [6.45, 7) is 1.28. The van der Waals surface area contributed by atoms with E-state index in [1.807, 2.05) is 0 Å². The van der Waals surface area contributed by atoms with Crippen molar-refractivity contribution in [1.29, 1.82) is 0 Å². The fourth-order valence-electron chi connectivity index (χ4n) is 0.804. The van der Waals surface area contributed by atoms with Gasteiger partial charge in [-0.3, -0.25) is 4.79 Å². The number of ether oxygens (including phenoxy) is 1. The Labute approximate surface area is 81.8 Å². The highest BCUT2D eigenvalue weighted by atomic mass is 35.5. The Bertz CT molecular complexity index is 161. The minimum atomic E-state index is -2.10. The van der Waals surface area contributed by atoms with Crippen LogP contribution in [-0.2, 0) is 9.53 Å². The van der Waals surface area contributed by atoms with Crippen molar-refractivity contribution in [2.24, 2.45) is 0 Å². The highest BCUT2D eigenvalue weighted by Gasteiger charge is 2.24. The summed E-state index contributed by atoms with van der Waals surface area (Å²) in [7, 11) is 0. The van der Waals surface area contributed by atoms with Crippen LogP contribution in [0.2, 0.25) is 0 Å². The van der Waals surface area contributed by atoms with Gasteiger partial charge in [0, 0.05) is 6.42 Å². The van der Waals surface area contributed by atoms with Gasteiger partial charge in [0.2, 0.25) is 5.13 Å². The van der Waals surface area contributed by atoms with Crippen molar-refractivity contribution in [1.82, 2.24) is 0 Å². The van der Waals surface area contributed by atoms with Gasteiger partial charge in [-0.1, -0.05) is 11.6 Å². The first-order chi connectivity index (χ1) is 6.02. The topological polar surface area (TPSA) is 46.5 Å². The van der Waals surface area contributed by atoms with Gasteiger partial charge >= 0.3 is 5.97 Å². The van der Waals surface area contributed by atoms with Gasteiger partial charge in [-0.25, -0.2) is 4.39 Å². The molecule has 0 amide bonds. The highest BCUT2D eigenvalue weighted by Crippen LogP contribution is 2.23. The van der Waals surface area contributed by atoms with E-state index in [4.69, 9.17) is 16.7 Å². The summed E-state index contributed by atoms with van der Waals surface area (Å²) in [5.74, 6) is -0.368. The number of aliphatic hydroxyl groups is 1. The average molecular weight is 213 g/mol. The number of aliphatic hydroxyl groups excluding tert-OH is 1. The molecule has 0 aromatic carbocycles. The first-order valence-electron chi connectivity index (χ1n) is 4.16. The summed E-state index contributed by atoms with van der Waals surface area (Å²) < 4.78 is 17.4. The summed E-state index contributed by atoms with van der Waals surface area (Å²) in [4.78, 5) is 10.8. The Balaban J connectivity index is 3.50. The predicted octanol–water partition coefficient (Wildman–Crippen LogP) is 1.62. The van der Waals surface area contributed by atoms with Gasteiger partial charge in [0.25, 0.3) is 0 Å². The van der Waals surface area contributed by atoms with E-state index in [1.54, 1.807) is 6.92 Å². The first-order valence-corrected chi connectivity index (χ1v) is 4.54. The van der Waals surface area contributed by atoms with Crippen LogP contribution in [0.5, 0.6) is 0 Å². The van der Waals surface area contributed by atoms with Gasteiger partial charge in [-0.05, 0) is 19.8 Å². The van der Waals surface area contributed by atoms with Crippen LogP contribution < -0.4 is 0 Å². The number of esters is 1. The van der Waals surface area contributed by atoms with E-state index in [0.717, 1.165) is 0 Å². The van der Waals surface area contributed by atoms with Gasteiger partial charge in [0.05, 0.1) is 13.2 Å². The van der Waals surface area contributed by atoms with E-state index in [2.05, 4.69) is 4.74 Å². The second kappa shape index (κ2) is 6.16. The molecule has 0 aromatic heterocycles. The lowest BCUT2D eigenvalue weighted by Crippen LogP contribution is -2.20. The van der Waals surface area contributed by atoms with Crippen molar-refractivity contribution in [3.63, 3.8) is 0 Å². The van der Waals surface area contributed by atoms with Crippen LogP contribution in [0.4, 0.5) is 4.39 Å². The number of hydrogen-bond acceptors (Lipinski definition) is 3. The fraction of sp³-hybridized carbons (Fsp3) is 0.875. The molecular weight excluding hydrogens is 199 g/mol. The molecule has 0 spiro atoms. The number of carbonyl (C=O) groups excluding carboxylic acids is 1. The number of halogens is 2. The molecule has 0 fully saturated rings. The van der Waals surface area contributed by atoms with Crippen LogP contribution in [0.1, 0.15) is 26.2 Å². The first kappa shape index (κ1) is 12.7. The molecule has 1 N–H and O–H groups in total. The quantitative estimate of drug-likeness (QED) is 0.538. The molecule has 0 unspecified atom stereocenters. The number of alkyl halides is 2. The molecule has 0 aliphatic heterocycles. The third kappa shape index (κ3) is 6.78. The second-order valence-electron chi connectivity index (χ2n) is 2.67. The Kier molecular flexibility index (Phi) is 5.99. The Hall–Kier alpha value is -0.350. The average Bonchev–Trinajstić information content (AvgIpc) is 2.05. The third-order valence-electron chi connectivity index (χ3n) is 1.46. The number of hydrogen-bond donors (Lipinski definition) is 1. The molecule has 0 saturated heterocycles. The zero-order chi connectivity index (χ0) is 10.3. The van der Waals surface area contributed by atoms with E-state index in [-0.39, 0.29) is 25.2 Å². The molecule has 0 heterocycles. The molecular formula is C8H14ClFO3. The van der Waals surface area contributed by atoms with Crippen molar-refractivity contribution in [2.45, 2.75) is 31.3 Å². The Morgan fingerprint density at radius 1 is 1.69 bits per heavy atom. The largest absolute Gasteiger partial charge is 0.466 e. The summed E-state index contributed by atoms with van der Waals surface area (Å²) in [5.41, 5.74) is 0. The maximum Gasteiger partial charge on any atom is 0.305 e. The maximum absolute atomic E-state index is 12.8. The van der Waals surface area contributed by atoms with E-state index >= 15 is 0 Å². The van der Waals surface area contributed by atoms with Crippen LogP contribution in [0.3, 0.4) is 0 Å².